The van der Waals surface area contributed by atoms with Crippen LogP contribution in [-0.2, 0) is 11.8 Å². The lowest BCUT2D eigenvalue weighted by atomic mass is 9.86. The number of para-hydroxylation sites is 4. The van der Waals surface area contributed by atoms with Crippen LogP contribution in [0, 0.1) is 27.7 Å². The van der Waals surface area contributed by atoms with E-state index in [1.807, 2.05) is 0 Å². The van der Waals surface area contributed by atoms with E-state index in [1.54, 1.807) is 0 Å². The maximum atomic E-state index is 7.09. The van der Waals surface area contributed by atoms with Gasteiger partial charge in [0, 0.05) is 49.3 Å². The Morgan fingerprint density at radius 2 is 0.833 bits per heavy atom. The summed E-state index contributed by atoms with van der Waals surface area (Å²) >= 11 is 0. The molecule has 0 bridgehead atoms. The van der Waals surface area contributed by atoms with Crippen LogP contribution in [0.2, 0.25) is 0 Å². The molecule has 0 radical (unpaired) electrons. The molecule has 2 aromatic heterocycles. The van der Waals surface area contributed by atoms with E-state index < -0.39 is 0 Å². The van der Waals surface area contributed by atoms with Gasteiger partial charge in [0.1, 0.15) is 11.2 Å². The van der Waals surface area contributed by atoms with Crippen molar-refractivity contribution in [1.29, 1.82) is 0 Å². The van der Waals surface area contributed by atoms with Crippen LogP contribution in [0.5, 0.6) is 0 Å². The molecule has 2 heterocycles. The molecule has 10 aromatic carbocycles. The van der Waals surface area contributed by atoms with Crippen molar-refractivity contribution < 1.29 is 8.83 Å². The van der Waals surface area contributed by atoms with E-state index in [0.29, 0.717) is 0 Å². The van der Waals surface area contributed by atoms with Gasteiger partial charge >= 0.3 is 0 Å². The summed E-state index contributed by atoms with van der Waals surface area (Å²) < 4.78 is 14.1. The number of rotatable bonds is 7. The van der Waals surface area contributed by atoms with Crippen molar-refractivity contribution in [2.24, 2.45) is 0 Å². The molecule has 4 heteroatoms. The first-order valence-corrected chi connectivity index (χ1v) is 23.3. The second-order valence-electron chi connectivity index (χ2n) is 19.4. The van der Waals surface area contributed by atoms with Gasteiger partial charge in [0.05, 0.1) is 22.7 Å². The van der Waals surface area contributed by atoms with Crippen molar-refractivity contribution in [3.63, 3.8) is 0 Å². The minimum atomic E-state index is -0.0861. The van der Waals surface area contributed by atoms with Gasteiger partial charge in [0.2, 0.25) is 0 Å². The number of aryl methyl sites for hydroxylation is 5. The fourth-order valence-electron chi connectivity index (χ4n) is 10.6. The van der Waals surface area contributed by atoms with Gasteiger partial charge in [0.15, 0.2) is 11.2 Å². The van der Waals surface area contributed by atoms with Gasteiger partial charge in [-0.2, -0.15) is 0 Å². The predicted octanol–water partition coefficient (Wildman–Crippen LogP) is 18.4. The Morgan fingerprint density at radius 1 is 0.394 bits per heavy atom. The molecule has 12 rings (SSSR count). The highest BCUT2D eigenvalue weighted by atomic mass is 16.3. The van der Waals surface area contributed by atoms with Crippen LogP contribution >= 0.6 is 0 Å². The molecule has 0 N–H and O–H groups in total. The third-order valence-corrected chi connectivity index (χ3v) is 14.4. The topological polar surface area (TPSA) is 32.8 Å². The number of anilines is 6. The minimum absolute atomic E-state index is 0.0861. The van der Waals surface area contributed by atoms with E-state index in [0.717, 1.165) is 84.4 Å². The molecule has 0 amide bonds. The highest BCUT2D eigenvalue weighted by molar-refractivity contribution is 6.29. The van der Waals surface area contributed by atoms with E-state index >= 15 is 0 Å². The number of hydrogen-bond acceptors (Lipinski definition) is 4. The average Bonchev–Trinajstić information content (AvgIpc) is 3.91. The first kappa shape index (κ1) is 40.0. The monoisotopic (exact) mass is 856 g/mol. The molecule has 0 aliphatic carbocycles. The molecule has 0 saturated carbocycles. The molecule has 0 atom stereocenters. The molecular formula is C62H52N2O2. The fraction of sp³-hybridized carbons (Fsp3) is 0.161. The van der Waals surface area contributed by atoms with Gasteiger partial charge in [-0.15, -0.1) is 0 Å². The molecule has 0 unspecified atom stereocenters. The average molecular weight is 857 g/mol. The van der Waals surface area contributed by atoms with Crippen LogP contribution in [0.3, 0.4) is 0 Å². The highest BCUT2D eigenvalue weighted by Crippen LogP contribution is 2.51. The fourth-order valence-corrected chi connectivity index (χ4v) is 10.6. The normalized spacial score (nSPS) is 12.3. The summed E-state index contributed by atoms with van der Waals surface area (Å²) in [4.78, 5) is 4.85. The zero-order valence-corrected chi connectivity index (χ0v) is 38.9. The van der Waals surface area contributed by atoms with E-state index in [-0.39, 0.29) is 5.41 Å². The molecule has 0 aliphatic heterocycles. The summed E-state index contributed by atoms with van der Waals surface area (Å²) in [5.41, 5.74) is 17.4. The van der Waals surface area contributed by atoms with Gasteiger partial charge in [-0.05, 0) is 137 Å². The quantitative estimate of drug-likeness (QED) is 0.150. The van der Waals surface area contributed by atoms with Crippen LogP contribution < -0.4 is 9.80 Å². The zero-order chi connectivity index (χ0) is 45.2. The lowest BCUT2D eigenvalue weighted by Crippen LogP contribution is -2.12. The summed E-state index contributed by atoms with van der Waals surface area (Å²) in [6.07, 6.45) is 0.900. The van der Waals surface area contributed by atoms with Crippen LogP contribution in [-0.4, -0.2) is 0 Å². The van der Waals surface area contributed by atoms with Crippen molar-refractivity contribution in [3.8, 4) is 0 Å². The number of nitrogens with zero attached hydrogens (tertiary/aromatic N) is 2. The Hall–Kier alpha value is -7.56. The van der Waals surface area contributed by atoms with Crippen molar-refractivity contribution in [3.05, 3.63) is 191 Å². The predicted molar refractivity (Wildman–Crippen MR) is 281 cm³/mol. The minimum Gasteiger partial charge on any atom is -0.454 e. The summed E-state index contributed by atoms with van der Waals surface area (Å²) in [7, 11) is 0. The van der Waals surface area contributed by atoms with E-state index in [1.165, 1.54) is 65.7 Å². The summed E-state index contributed by atoms with van der Waals surface area (Å²) in [6.45, 7) is 17.8. The number of fused-ring (bicyclic) bond motifs is 6. The first-order valence-electron chi connectivity index (χ1n) is 23.3. The Morgan fingerprint density at radius 3 is 1.32 bits per heavy atom. The molecular weight excluding hydrogens is 805 g/mol. The zero-order valence-electron chi connectivity index (χ0n) is 38.9. The van der Waals surface area contributed by atoms with Gasteiger partial charge in [0.25, 0.3) is 0 Å². The van der Waals surface area contributed by atoms with Crippen LogP contribution in [0.4, 0.5) is 34.1 Å². The molecule has 4 nitrogen and oxygen atoms in total. The van der Waals surface area contributed by atoms with E-state index in [9.17, 15) is 0 Å². The number of benzene rings is 10. The second kappa shape index (κ2) is 14.7. The maximum Gasteiger partial charge on any atom is 0.159 e. The third-order valence-electron chi connectivity index (χ3n) is 14.4. The van der Waals surface area contributed by atoms with Crippen molar-refractivity contribution in [1.82, 2.24) is 0 Å². The molecule has 0 spiro atoms. The SMILES string of the molecule is CCc1cccc2c1oc1c(N(c3ccc(C)c(C)c3)c3ccc4ccc5c(N(c6ccc(C)c(C)c6)c6cccc7c6oc6c(C(C)(C)C)cccc67)ccc6ccc3c4c65)cccc12. The Kier molecular flexibility index (Phi) is 8.93. The second-order valence-corrected chi connectivity index (χ2v) is 19.4. The Labute approximate surface area is 385 Å². The smallest absolute Gasteiger partial charge is 0.159 e. The number of hydrogen-bond donors (Lipinski definition) is 0. The van der Waals surface area contributed by atoms with Crippen LogP contribution in [0.25, 0.3) is 76.2 Å². The first-order chi connectivity index (χ1) is 32.0. The molecule has 322 valence electrons. The van der Waals surface area contributed by atoms with Crippen LogP contribution in [0.1, 0.15) is 61.1 Å². The maximum absolute atomic E-state index is 7.09. The van der Waals surface area contributed by atoms with Gasteiger partial charge in [-0.25, -0.2) is 0 Å². The summed E-state index contributed by atoms with van der Waals surface area (Å²) in [5, 5.41) is 11.7. The number of furan rings is 2. The molecule has 0 fully saturated rings. The van der Waals surface area contributed by atoms with Crippen molar-refractivity contribution in [2.45, 2.75) is 67.2 Å². The standard InChI is InChI=1S/C62H52N2O2/c1-9-40-14-10-15-45-47-17-12-20-54(60(47)65-58(40)45)63(43-28-22-36(2)38(4)34-43)52-32-26-41-25-31-50-53(33-27-42-24-30-49(52)56(41)57(42)50)64(44-29-23-37(3)39(5)35-44)55-21-13-18-48-46-16-11-19-51(62(6,7)8)59(46)66-61(48)55/h10-35H,9H2,1-8H3. The lowest BCUT2D eigenvalue weighted by molar-refractivity contribution is 0.573. The van der Waals surface area contributed by atoms with E-state index in [4.69, 9.17) is 8.83 Å². The molecule has 0 aliphatic rings. The van der Waals surface area contributed by atoms with Gasteiger partial charge < -0.3 is 18.6 Å². The highest BCUT2D eigenvalue weighted by Gasteiger charge is 2.27. The Balaban J connectivity index is 1.14. The van der Waals surface area contributed by atoms with Gasteiger partial charge in [-0.3, -0.25) is 0 Å². The molecule has 0 saturated heterocycles. The largest absolute Gasteiger partial charge is 0.454 e. The summed E-state index contributed by atoms with van der Waals surface area (Å²) in [5.74, 6) is 0. The molecule has 12 aromatic rings. The lowest BCUT2D eigenvalue weighted by Gasteiger charge is -2.29. The van der Waals surface area contributed by atoms with E-state index in [2.05, 4.69) is 223 Å². The Bertz CT molecular complexity index is 3910. The molecule has 66 heavy (non-hydrogen) atoms. The van der Waals surface area contributed by atoms with Crippen molar-refractivity contribution >= 4 is 110 Å². The van der Waals surface area contributed by atoms with Crippen molar-refractivity contribution in [2.75, 3.05) is 9.80 Å². The third kappa shape index (κ3) is 5.97. The summed E-state index contributed by atoms with van der Waals surface area (Å²) in [6, 6.07) is 58.4. The van der Waals surface area contributed by atoms with Gasteiger partial charge in [-0.1, -0.05) is 137 Å². The van der Waals surface area contributed by atoms with Crippen LogP contribution in [0.15, 0.2) is 167 Å².